The Hall–Kier alpha value is -1.56. The molecular formula is C30H48O9P3+. The number of rotatable bonds is 8. The molecule has 0 amide bonds. The van der Waals surface area contributed by atoms with Crippen LogP contribution in [0.15, 0.2) is 24.3 Å². The molecular weight excluding hydrogens is 597 g/mol. The van der Waals surface area contributed by atoms with Gasteiger partial charge in [0.25, 0.3) is 0 Å². The van der Waals surface area contributed by atoms with Gasteiger partial charge in [0.2, 0.25) is 0 Å². The van der Waals surface area contributed by atoms with Crippen molar-refractivity contribution >= 4 is 23.4 Å². The lowest BCUT2D eigenvalue weighted by Crippen LogP contribution is -2.21. The molecule has 42 heavy (non-hydrogen) atoms. The molecule has 12 heteroatoms. The Labute approximate surface area is 251 Å². The van der Waals surface area contributed by atoms with E-state index in [4.69, 9.17) is 9.05 Å². The van der Waals surface area contributed by atoms with Crippen molar-refractivity contribution in [1.29, 1.82) is 0 Å². The first kappa shape index (κ1) is 36.6. The Bertz CT molecular complexity index is 1250. The van der Waals surface area contributed by atoms with E-state index in [1.807, 2.05) is 83.1 Å². The minimum atomic E-state index is -4.35. The fourth-order valence-electron chi connectivity index (χ4n) is 4.63. The van der Waals surface area contributed by atoms with Gasteiger partial charge < -0.3 is 19.6 Å². The molecule has 2 aromatic carbocycles. The summed E-state index contributed by atoms with van der Waals surface area (Å²) in [5, 5.41) is 0. The predicted octanol–water partition coefficient (Wildman–Crippen LogP) is 8.35. The standard InChI is InChI=1S/C30H47O9P3/c1-27(2,3)21-13-19(17-41(32,33)34)14-22(28(4,5)6)25(21)38-40(31)39-26-23(29(7,8)9)15-20(18-42(35,36)37)16-24(26)30(10,11)12/h13-16H,17-18H2,1-12H3,(H3-,32,33,34,35,36,37)/p+1. The molecule has 0 bridgehead atoms. The van der Waals surface area contributed by atoms with Crippen molar-refractivity contribution in [2.24, 2.45) is 0 Å². The Morgan fingerprint density at radius 1 is 0.548 bits per heavy atom. The average Bonchev–Trinajstić information content (AvgIpc) is 2.70. The van der Waals surface area contributed by atoms with Gasteiger partial charge >= 0.3 is 23.4 Å². The van der Waals surface area contributed by atoms with Gasteiger partial charge in [-0.2, -0.15) is 0 Å². The normalized spacial score (nSPS) is 13.7. The van der Waals surface area contributed by atoms with Gasteiger partial charge in [0, 0.05) is 26.8 Å². The molecule has 0 saturated carbocycles. The lowest BCUT2D eigenvalue weighted by Gasteiger charge is -2.29. The average molecular weight is 646 g/mol. The molecule has 0 aromatic heterocycles. The second-order valence-corrected chi connectivity index (χ2v) is 19.2. The maximum Gasteiger partial charge on any atom is 0.805 e. The van der Waals surface area contributed by atoms with Crippen LogP contribution in [-0.4, -0.2) is 19.6 Å². The molecule has 9 nitrogen and oxygen atoms in total. The summed E-state index contributed by atoms with van der Waals surface area (Å²) in [5.41, 5.74) is 1.30. The van der Waals surface area contributed by atoms with Crippen LogP contribution in [0.1, 0.15) is 116 Å². The SMILES string of the molecule is CC(C)(C)c1cc(CP(=O)(O)O)cc(C(C)(C)C)c1O[P+](=O)Oc1c(C(C)(C)C)cc(CP(=O)(O)O)cc1C(C)(C)C. The van der Waals surface area contributed by atoms with Gasteiger partial charge in [-0.05, 0) is 32.8 Å². The zero-order valence-corrected chi connectivity index (χ0v) is 29.6. The Morgan fingerprint density at radius 2 is 0.762 bits per heavy atom. The van der Waals surface area contributed by atoms with Crippen LogP contribution >= 0.6 is 23.4 Å². The van der Waals surface area contributed by atoms with E-state index in [0.717, 1.165) is 0 Å². The van der Waals surface area contributed by atoms with E-state index in [-0.39, 0.29) is 0 Å². The molecule has 0 aliphatic rings. The zero-order valence-electron chi connectivity index (χ0n) is 26.9. The molecule has 2 rings (SSSR count). The van der Waals surface area contributed by atoms with Crippen molar-refractivity contribution in [3.8, 4) is 11.5 Å². The second-order valence-electron chi connectivity index (χ2n) is 15.1. The summed E-state index contributed by atoms with van der Waals surface area (Å²) in [4.78, 5) is 38.7. The first-order valence-corrected chi connectivity index (χ1v) is 18.5. The predicted molar refractivity (Wildman–Crippen MR) is 168 cm³/mol. The first-order chi connectivity index (χ1) is 18.5. The highest BCUT2D eigenvalue weighted by molar-refractivity contribution is 7.51. The van der Waals surface area contributed by atoms with Crippen LogP contribution in [0.4, 0.5) is 0 Å². The van der Waals surface area contributed by atoms with E-state index >= 15 is 0 Å². The van der Waals surface area contributed by atoms with E-state index in [1.165, 1.54) is 0 Å². The van der Waals surface area contributed by atoms with Crippen molar-refractivity contribution in [2.75, 3.05) is 0 Å². The fraction of sp³-hybridized carbons (Fsp3) is 0.600. The van der Waals surface area contributed by atoms with Gasteiger partial charge in [-0.25, -0.2) is 9.05 Å². The summed E-state index contributed by atoms with van der Waals surface area (Å²) in [6.07, 6.45) is -0.875. The van der Waals surface area contributed by atoms with Gasteiger partial charge in [0.1, 0.15) is 0 Å². The molecule has 0 aliphatic carbocycles. The minimum absolute atomic E-state index is 0.332. The molecule has 0 radical (unpaired) electrons. The Kier molecular flexibility index (Phi) is 10.5. The maximum absolute atomic E-state index is 13.8. The van der Waals surface area contributed by atoms with Crippen molar-refractivity contribution < 1.29 is 42.3 Å². The molecule has 0 fully saturated rings. The van der Waals surface area contributed by atoms with Crippen LogP contribution in [0.2, 0.25) is 0 Å². The van der Waals surface area contributed by atoms with Crippen LogP contribution in [-0.2, 0) is 47.7 Å². The molecule has 236 valence electrons. The van der Waals surface area contributed by atoms with Gasteiger partial charge in [0.05, 0.1) is 12.3 Å². The first-order valence-electron chi connectivity index (χ1n) is 13.8. The molecule has 0 spiro atoms. The lowest BCUT2D eigenvalue weighted by molar-refractivity contribution is 0.369. The smallest absolute Gasteiger partial charge is 0.324 e. The van der Waals surface area contributed by atoms with E-state index in [2.05, 4.69) is 0 Å². The highest BCUT2D eigenvalue weighted by Crippen LogP contribution is 2.50. The van der Waals surface area contributed by atoms with Crippen molar-refractivity contribution in [1.82, 2.24) is 0 Å². The number of hydrogen-bond acceptors (Lipinski definition) is 5. The monoisotopic (exact) mass is 645 g/mol. The third-order valence-corrected chi connectivity index (χ3v) is 8.86. The molecule has 2 aromatic rings. The molecule has 0 saturated heterocycles. The number of benzene rings is 2. The topological polar surface area (TPSA) is 151 Å². The fourth-order valence-corrected chi connectivity index (χ4v) is 6.67. The van der Waals surface area contributed by atoms with Crippen molar-refractivity contribution in [3.05, 3.63) is 57.6 Å². The summed E-state index contributed by atoms with van der Waals surface area (Å²) in [7, 11) is -11.5. The summed E-state index contributed by atoms with van der Waals surface area (Å²) in [6.45, 7) is 23.2. The maximum atomic E-state index is 13.8. The lowest BCUT2D eigenvalue weighted by atomic mass is 9.78. The van der Waals surface area contributed by atoms with Gasteiger partial charge in [-0.3, -0.25) is 9.13 Å². The van der Waals surface area contributed by atoms with Gasteiger partial charge in [0.15, 0.2) is 11.5 Å². The van der Waals surface area contributed by atoms with E-state index < -0.39 is 57.4 Å². The van der Waals surface area contributed by atoms with Crippen molar-refractivity contribution in [2.45, 2.75) is 117 Å². The third-order valence-electron chi connectivity index (χ3n) is 6.64. The summed E-state index contributed by atoms with van der Waals surface area (Å²) >= 11 is 0. The van der Waals surface area contributed by atoms with Crippen LogP contribution in [0.5, 0.6) is 11.5 Å². The van der Waals surface area contributed by atoms with Gasteiger partial charge in [-0.15, -0.1) is 0 Å². The van der Waals surface area contributed by atoms with Gasteiger partial charge in [-0.1, -0.05) is 107 Å². The van der Waals surface area contributed by atoms with Crippen LogP contribution in [0.25, 0.3) is 0 Å². The van der Waals surface area contributed by atoms with Crippen molar-refractivity contribution in [3.63, 3.8) is 0 Å². The van der Waals surface area contributed by atoms with E-state index in [0.29, 0.717) is 44.9 Å². The Morgan fingerprint density at radius 3 is 0.929 bits per heavy atom. The molecule has 0 aliphatic heterocycles. The summed E-state index contributed by atoms with van der Waals surface area (Å²) < 4.78 is 49.8. The summed E-state index contributed by atoms with van der Waals surface area (Å²) in [5.74, 6) is 0.664. The second kappa shape index (κ2) is 12.1. The largest absolute Gasteiger partial charge is 0.805 e. The molecule has 0 atom stereocenters. The molecule has 0 unspecified atom stereocenters. The quantitative estimate of drug-likeness (QED) is 0.208. The third kappa shape index (κ3) is 10.3. The zero-order chi connectivity index (χ0) is 32.9. The van der Waals surface area contributed by atoms with E-state index in [9.17, 15) is 33.3 Å². The number of hydrogen-bond donors (Lipinski definition) is 4. The summed E-state index contributed by atoms with van der Waals surface area (Å²) in [6, 6.07) is 6.74. The highest BCUT2D eigenvalue weighted by Gasteiger charge is 2.39. The van der Waals surface area contributed by atoms with Crippen LogP contribution in [0.3, 0.4) is 0 Å². The highest BCUT2D eigenvalue weighted by atomic mass is 31.2. The van der Waals surface area contributed by atoms with Crippen LogP contribution in [0, 0.1) is 0 Å². The Balaban J connectivity index is 2.77. The minimum Gasteiger partial charge on any atom is -0.324 e. The molecule has 0 heterocycles. The molecule has 4 N–H and O–H groups in total. The van der Waals surface area contributed by atoms with Crippen LogP contribution < -0.4 is 9.05 Å². The van der Waals surface area contributed by atoms with E-state index in [1.54, 1.807) is 24.3 Å².